The number of phenolic OH excluding ortho intramolecular Hbond substituents is 2. The van der Waals surface area contributed by atoms with Crippen LogP contribution >= 0.6 is 0 Å². The summed E-state index contributed by atoms with van der Waals surface area (Å²) in [6.07, 6.45) is 10.9. The third-order valence-corrected chi connectivity index (χ3v) is 12.0. The quantitative estimate of drug-likeness (QED) is 0.244. The Labute approximate surface area is 294 Å². The van der Waals surface area contributed by atoms with E-state index in [-0.39, 0.29) is 47.1 Å². The summed E-state index contributed by atoms with van der Waals surface area (Å²) >= 11 is 0. The molecule has 3 aromatic rings. The lowest BCUT2D eigenvalue weighted by atomic mass is 9.49. The van der Waals surface area contributed by atoms with Gasteiger partial charge in [-0.2, -0.15) is 0 Å². The van der Waals surface area contributed by atoms with E-state index in [1.807, 2.05) is 42.5 Å². The van der Waals surface area contributed by atoms with E-state index in [0.29, 0.717) is 37.2 Å². The number of allylic oxidation sites excluding steroid dienone is 1. The number of phenols is 2. The second-order valence-corrected chi connectivity index (χ2v) is 14.8. The predicted molar refractivity (Wildman–Crippen MR) is 189 cm³/mol. The topological polar surface area (TPSA) is 112 Å². The number of ether oxygens (including phenoxy) is 4. The van der Waals surface area contributed by atoms with E-state index in [9.17, 15) is 19.8 Å². The van der Waals surface area contributed by atoms with Crippen LogP contribution in [0, 0.1) is 23.2 Å². The van der Waals surface area contributed by atoms with Crippen molar-refractivity contribution in [1.29, 1.82) is 0 Å². The molecular weight excluding hydrogens is 632 g/mol. The molecule has 0 amide bonds. The van der Waals surface area contributed by atoms with Crippen LogP contribution in [0.4, 0.5) is 0 Å². The standard InChI is InChI=1S/C42H48O8/c1-25(43)49-38-22-31(50-41(46)27-11-7-8-12-27)21-33-32-23-40(48-3)36(44)18-28(32)13-14-34(33)42(16-15-26-9-5-4-6-10-26)24-30-19-37(45)39(47-2)20-29(30)17-35(38)42/h4-6,9-10,15-16,18-20,23,27,31,33-35,38,44-45H,7-8,11-14,17,21-22,24H2,1-3H3/b16-15+/t31-,33-,34-,35+,38+,42+/m0/s1. The molecule has 50 heavy (non-hydrogen) atoms. The van der Waals surface area contributed by atoms with Gasteiger partial charge in [0.25, 0.3) is 0 Å². The lowest BCUT2D eigenvalue weighted by Gasteiger charge is -2.56. The SMILES string of the molecule is COc1cc2c(cc1O)C[C@@]1(/C=C/c3ccccc3)[C@H](C2)[C@H](OC(C)=O)C[C@@H](OC(=O)C2CCCC2)C[C@H]2c3cc(OC)c(O)cc3CC[C@@H]21. The first-order valence-corrected chi connectivity index (χ1v) is 18.1. The molecule has 2 N–H and O–H groups in total. The number of aromatic hydroxyl groups is 2. The molecule has 0 aliphatic heterocycles. The van der Waals surface area contributed by atoms with Gasteiger partial charge >= 0.3 is 11.9 Å². The van der Waals surface area contributed by atoms with Gasteiger partial charge < -0.3 is 29.2 Å². The lowest BCUT2D eigenvalue weighted by molar-refractivity contribution is -0.166. The average Bonchev–Trinajstić information content (AvgIpc) is 3.65. The largest absolute Gasteiger partial charge is 0.504 e. The number of methoxy groups -OCH3 is 2. The molecule has 264 valence electrons. The van der Waals surface area contributed by atoms with Gasteiger partial charge in [-0.1, -0.05) is 55.3 Å². The summed E-state index contributed by atoms with van der Waals surface area (Å²) in [6.45, 7) is 1.45. The number of rotatable bonds is 7. The van der Waals surface area contributed by atoms with Gasteiger partial charge in [0.2, 0.25) is 0 Å². The van der Waals surface area contributed by atoms with Crippen molar-refractivity contribution in [3.8, 4) is 23.0 Å². The van der Waals surface area contributed by atoms with Crippen LogP contribution in [-0.2, 0) is 38.3 Å². The summed E-state index contributed by atoms with van der Waals surface area (Å²) in [4.78, 5) is 26.5. The zero-order valence-corrected chi connectivity index (χ0v) is 29.2. The fraction of sp³-hybridized carbons (Fsp3) is 0.476. The van der Waals surface area contributed by atoms with Gasteiger partial charge in [-0.25, -0.2) is 0 Å². The van der Waals surface area contributed by atoms with Gasteiger partial charge in [-0.15, -0.1) is 0 Å². The number of hydrogen-bond donors (Lipinski definition) is 2. The number of fused-ring (bicyclic) bond motifs is 6. The number of carbonyl (C=O) groups excluding carboxylic acids is 2. The Morgan fingerprint density at radius 2 is 1.52 bits per heavy atom. The molecule has 2 saturated carbocycles. The van der Waals surface area contributed by atoms with Gasteiger partial charge in [-0.3, -0.25) is 9.59 Å². The van der Waals surface area contributed by atoms with Crippen LogP contribution in [0.2, 0.25) is 0 Å². The van der Waals surface area contributed by atoms with E-state index < -0.39 is 17.6 Å². The Morgan fingerprint density at radius 1 is 0.820 bits per heavy atom. The first kappa shape index (κ1) is 34.0. The van der Waals surface area contributed by atoms with E-state index in [0.717, 1.165) is 66.3 Å². The first-order valence-electron chi connectivity index (χ1n) is 18.1. The molecule has 0 radical (unpaired) electrons. The maximum Gasteiger partial charge on any atom is 0.309 e. The maximum atomic E-state index is 13.6. The van der Waals surface area contributed by atoms with Crippen molar-refractivity contribution in [3.63, 3.8) is 0 Å². The fourth-order valence-electron chi connectivity index (χ4n) is 9.75. The fourth-order valence-corrected chi connectivity index (χ4v) is 9.75. The molecule has 8 heteroatoms. The van der Waals surface area contributed by atoms with E-state index >= 15 is 0 Å². The van der Waals surface area contributed by atoms with Gasteiger partial charge in [0.15, 0.2) is 23.0 Å². The van der Waals surface area contributed by atoms with Crippen LogP contribution in [0.25, 0.3) is 6.08 Å². The van der Waals surface area contributed by atoms with E-state index in [2.05, 4.69) is 24.3 Å². The normalized spacial score (nSPS) is 27.5. The molecule has 0 spiro atoms. The number of carbonyl (C=O) groups is 2. The van der Waals surface area contributed by atoms with Crippen LogP contribution in [-0.4, -0.2) is 48.6 Å². The summed E-state index contributed by atoms with van der Waals surface area (Å²) in [5.74, 6) is 0.226. The van der Waals surface area contributed by atoms with Gasteiger partial charge in [-0.05, 0) is 109 Å². The Morgan fingerprint density at radius 3 is 2.22 bits per heavy atom. The smallest absolute Gasteiger partial charge is 0.309 e. The van der Waals surface area contributed by atoms with Gasteiger partial charge in [0, 0.05) is 24.7 Å². The second-order valence-electron chi connectivity index (χ2n) is 14.8. The Bertz CT molecular complexity index is 1760. The Hall–Kier alpha value is -4.46. The second kappa shape index (κ2) is 14.0. The summed E-state index contributed by atoms with van der Waals surface area (Å²) in [7, 11) is 3.11. The molecule has 0 aromatic heterocycles. The highest BCUT2D eigenvalue weighted by Gasteiger charge is 2.56. The molecule has 2 fully saturated rings. The highest BCUT2D eigenvalue weighted by Crippen LogP contribution is 2.60. The highest BCUT2D eigenvalue weighted by molar-refractivity contribution is 5.73. The minimum absolute atomic E-state index is 0.0395. The van der Waals surface area contributed by atoms with Crippen molar-refractivity contribution < 1.29 is 38.7 Å². The molecule has 0 bridgehead atoms. The van der Waals surface area contributed by atoms with Crippen LogP contribution in [0.1, 0.15) is 85.6 Å². The van der Waals surface area contributed by atoms with Crippen LogP contribution in [0.15, 0.2) is 60.7 Å². The Balaban J connectivity index is 1.43. The van der Waals surface area contributed by atoms with E-state index in [1.165, 1.54) is 6.92 Å². The number of aryl methyl sites for hydroxylation is 1. The minimum atomic E-state index is -0.529. The van der Waals surface area contributed by atoms with E-state index in [4.69, 9.17) is 18.9 Å². The summed E-state index contributed by atoms with van der Waals surface area (Å²) in [5.41, 5.74) is 4.80. The first-order chi connectivity index (χ1) is 24.2. The van der Waals surface area contributed by atoms with Crippen molar-refractivity contribution in [1.82, 2.24) is 0 Å². The molecule has 7 rings (SSSR count). The zero-order chi connectivity index (χ0) is 35.0. The third kappa shape index (κ3) is 6.45. The highest BCUT2D eigenvalue weighted by atomic mass is 16.6. The molecule has 0 saturated heterocycles. The zero-order valence-electron chi connectivity index (χ0n) is 29.2. The number of hydrogen-bond acceptors (Lipinski definition) is 8. The third-order valence-electron chi connectivity index (χ3n) is 12.0. The lowest BCUT2D eigenvalue weighted by Crippen LogP contribution is -2.54. The molecule has 0 unspecified atom stereocenters. The maximum absolute atomic E-state index is 13.6. The molecule has 6 atom stereocenters. The Kier molecular flexibility index (Phi) is 9.55. The van der Waals surface area contributed by atoms with Crippen molar-refractivity contribution in [3.05, 3.63) is 88.5 Å². The predicted octanol–water partition coefficient (Wildman–Crippen LogP) is 7.70. The van der Waals surface area contributed by atoms with Crippen molar-refractivity contribution in [2.24, 2.45) is 23.2 Å². The minimum Gasteiger partial charge on any atom is -0.504 e. The average molecular weight is 681 g/mol. The van der Waals surface area contributed by atoms with Gasteiger partial charge in [0.05, 0.1) is 20.1 Å². The monoisotopic (exact) mass is 680 g/mol. The van der Waals surface area contributed by atoms with Gasteiger partial charge in [0.1, 0.15) is 12.2 Å². The van der Waals surface area contributed by atoms with Crippen molar-refractivity contribution >= 4 is 18.0 Å². The van der Waals surface area contributed by atoms with Crippen molar-refractivity contribution in [2.75, 3.05) is 14.2 Å². The van der Waals surface area contributed by atoms with E-state index in [1.54, 1.807) is 14.2 Å². The molecule has 4 aliphatic carbocycles. The molecule has 4 aliphatic rings. The van der Waals surface area contributed by atoms with Crippen LogP contribution < -0.4 is 9.47 Å². The molecule has 3 aromatic carbocycles. The summed E-state index contributed by atoms with van der Waals surface area (Å²) in [5, 5.41) is 21.8. The van der Waals surface area contributed by atoms with Crippen molar-refractivity contribution in [2.45, 2.75) is 89.3 Å². The molecule has 8 nitrogen and oxygen atoms in total. The summed E-state index contributed by atoms with van der Waals surface area (Å²) < 4.78 is 23.9. The van der Waals surface area contributed by atoms with Crippen LogP contribution in [0.3, 0.4) is 0 Å². The van der Waals surface area contributed by atoms with Crippen LogP contribution in [0.5, 0.6) is 23.0 Å². The molecular formula is C42H48O8. The summed E-state index contributed by atoms with van der Waals surface area (Å²) in [6, 6.07) is 17.8. The molecule has 0 heterocycles. The number of esters is 2. The number of benzene rings is 3.